The van der Waals surface area contributed by atoms with Crippen LogP contribution in [0.2, 0.25) is 0 Å². The van der Waals surface area contributed by atoms with Crippen molar-refractivity contribution in [1.29, 1.82) is 0 Å². The first-order chi connectivity index (χ1) is 14.4. The van der Waals surface area contributed by atoms with E-state index in [1.165, 1.54) is 19.4 Å². The number of rotatable bonds is 6. The van der Waals surface area contributed by atoms with E-state index in [4.69, 9.17) is 4.74 Å². The summed E-state index contributed by atoms with van der Waals surface area (Å²) in [6, 6.07) is 8.35. The van der Waals surface area contributed by atoms with Crippen LogP contribution in [0, 0.1) is 0 Å². The Bertz CT molecular complexity index is 1000. The van der Waals surface area contributed by atoms with E-state index in [0.29, 0.717) is 5.56 Å². The smallest absolute Gasteiger partial charge is 0.351 e. The number of aromatic nitrogens is 2. The zero-order chi connectivity index (χ0) is 21.7. The highest BCUT2D eigenvalue weighted by Gasteiger charge is 2.35. The summed E-state index contributed by atoms with van der Waals surface area (Å²) in [5, 5.41) is 21.7. The molecule has 0 saturated carbocycles. The number of hydrogen-bond acceptors (Lipinski definition) is 8. The molecule has 3 N–H and O–H groups in total. The number of anilines is 1. The zero-order valence-electron chi connectivity index (χ0n) is 16.1. The van der Waals surface area contributed by atoms with E-state index in [2.05, 4.69) is 15.0 Å². The van der Waals surface area contributed by atoms with Crippen LogP contribution in [0.1, 0.15) is 28.6 Å². The highest BCUT2D eigenvalue weighted by atomic mass is 16.5. The summed E-state index contributed by atoms with van der Waals surface area (Å²) >= 11 is 0. The third-order valence-electron chi connectivity index (χ3n) is 4.54. The average molecular weight is 415 g/mol. The van der Waals surface area contributed by atoms with Crippen LogP contribution in [0.25, 0.3) is 6.08 Å². The van der Waals surface area contributed by atoms with E-state index in [1.54, 1.807) is 30.3 Å². The minimum atomic E-state index is -0.946. The van der Waals surface area contributed by atoms with Crippen LogP contribution in [0.4, 0.5) is 5.82 Å². The second-order valence-electron chi connectivity index (χ2n) is 6.53. The molecule has 3 rings (SSSR count). The summed E-state index contributed by atoms with van der Waals surface area (Å²) in [5.74, 6) is -1.18. The van der Waals surface area contributed by atoms with Crippen molar-refractivity contribution in [3.8, 4) is 0 Å². The summed E-state index contributed by atoms with van der Waals surface area (Å²) < 4.78 is 11.2. The van der Waals surface area contributed by atoms with Crippen molar-refractivity contribution in [3.05, 3.63) is 64.2 Å². The van der Waals surface area contributed by atoms with Gasteiger partial charge in [0.05, 0.1) is 19.8 Å². The number of esters is 1. The van der Waals surface area contributed by atoms with Gasteiger partial charge >= 0.3 is 11.7 Å². The number of aliphatic hydroxyl groups excluding tert-OH is 2. The van der Waals surface area contributed by atoms with Gasteiger partial charge in [0.2, 0.25) is 0 Å². The van der Waals surface area contributed by atoms with Gasteiger partial charge in [0.15, 0.2) is 0 Å². The van der Waals surface area contributed by atoms with Gasteiger partial charge in [0.1, 0.15) is 18.1 Å². The van der Waals surface area contributed by atoms with Gasteiger partial charge in [-0.05, 0) is 18.2 Å². The molecule has 0 spiro atoms. The molecule has 3 atom stereocenters. The van der Waals surface area contributed by atoms with Crippen molar-refractivity contribution in [1.82, 2.24) is 9.55 Å². The lowest BCUT2D eigenvalue weighted by Crippen LogP contribution is -2.29. The maximum absolute atomic E-state index is 12.6. The molecule has 1 aromatic carbocycles. The molecule has 2 aromatic rings. The van der Waals surface area contributed by atoms with Crippen molar-refractivity contribution < 1.29 is 29.3 Å². The number of methoxy groups -OCH3 is 1. The highest BCUT2D eigenvalue weighted by Crippen LogP contribution is 2.28. The number of carbonyl (C=O) groups excluding carboxylic acids is 2. The van der Waals surface area contributed by atoms with E-state index in [0.717, 1.165) is 10.6 Å². The fourth-order valence-corrected chi connectivity index (χ4v) is 2.96. The molecule has 0 bridgehead atoms. The lowest BCUT2D eigenvalue weighted by atomic mass is 10.2. The van der Waals surface area contributed by atoms with Crippen LogP contribution in [0.15, 0.2) is 47.4 Å². The molecule has 0 radical (unpaired) electrons. The molecule has 1 fully saturated rings. The molecule has 10 heteroatoms. The van der Waals surface area contributed by atoms with Gasteiger partial charge in [0.25, 0.3) is 5.91 Å². The first-order valence-corrected chi connectivity index (χ1v) is 9.13. The van der Waals surface area contributed by atoms with Crippen LogP contribution in [0.5, 0.6) is 0 Å². The van der Waals surface area contributed by atoms with Gasteiger partial charge in [-0.2, -0.15) is 4.98 Å². The maximum Gasteiger partial charge on any atom is 0.351 e. The largest absolute Gasteiger partial charge is 0.466 e. The minimum Gasteiger partial charge on any atom is -0.466 e. The van der Waals surface area contributed by atoms with Crippen LogP contribution < -0.4 is 11.0 Å². The third-order valence-corrected chi connectivity index (χ3v) is 4.54. The summed E-state index contributed by atoms with van der Waals surface area (Å²) in [6.45, 7) is -0.403. The standard InChI is InChI=1S/C20H21N3O7/c1-29-17(26)8-7-13-10-23(16-9-14(25)15(11-24)30-16)20(28)22-18(13)21-19(27)12-5-3-2-4-6-12/h2-8,10,14-16,24-25H,9,11H2,1H3,(H,21,22,27,28)/t14-,15+,16+/m0/s1. The number of amides is 1. The van der Waals surface area contributed by atoms with Gasteiger partial charge in [-0.1, -0.05) is 18.2 Å². The van der Waals surface area contributed by atoms with Gasteiger partial charge in [0, 0.05) is 29.8 Å². The fraction of sp³-hybridized carbons (Fsp3) is 0.300. The molecule has 1 aliphatic rings. The average Bonchev–Trinajstić information content (AvgIpc) is 3.13. The summed E-state index contributed by atoms with van der Waals surface area (Å²) in [4.78, 5) is 40.4. The number of benzene rings is 1. The molecule has 1 aromatic heterocycles. The zero-order valence-corrected chi connectivity index (χ0v) is 16.1. The molecule has 158 valence electrons. The predicted octanol–water partition coefficient (Wildman–Crippen LogP) is 0.322. The third kappa shape index (κ3) is 4.79. The van der Waals surface area contributed by atoms with Crippen molar-refractivity contribution >= 4 is 23.8 Å². The number of hydrogen-bond donors (Lipinski definition) is 3. The molecule has 0 unspecified atom stereocenters. The number of ether oxygens (including phenoxy) is 2. The first-order valence-electron chi connectivity index (χ1n) is 9.13. The second-order valence-corrected chi connectivity index (χ2v) is 6.53. The molecule has 1 aliphatic heterocycles. The number of nitrogens with one attached hydrogen (secondary N) is 1. The molecule has 1 amide bonds. The lowest BCUT2D eigenvalue weighted by molar-refractivity contribution is -0.134. The summed E-state index contributed by atoms with van der Waals surface area (Å²) in [7, 11) is 1.22. The second kappa shape index (κ2) is 9.44. The quantitative estimate of drug-likeness (QED) is 0.453. The van der Waals surface area contributed by atoms with Gasteiger partial charge in [-0.25, -0.2) is 9.59 Å². The van der Waals surface area contributed by atoms with Crippen LogP contribution in [-0.4, -0.2) is 57.6 Å². The Labute approximate surface area is 171 Å². The number of aliphatic hydroxyl groups is 2. The van der Waals surface area contributed by atoms with Crippen LogP contribution >= 0.6 is 0 Å². The fourth-order valence-electron chi connectivity index (χ4n) is 2.96. The van der Waals surface area contributed by atoms with Crippen LogP contribution in [0.3, 0.4) is 0 Å². The number of carbonyl (C=O) groups is 2. The molecular formula is C20H21N3O7. The molecular weight excluding hydrogens is 394 g/mol. The molecule has 1 saturated heterocycles. The summed E-state index contributed by atoms with van der Waals surface area (Å²) in [6.07, 6.45) is 1.25. The monoisotopic (exact) mass is 415 g/mol. The van der Waals surface area contributed by atoms with Crippen molar-refractivity contribution in [2.45, 2.75) is 24.9 Å². The molecule has 10 nitrogen and oxygen atoms in total. The highest BCUT2D eigenvalue weighted by molar-refractivity contribution is 6.04. The summed E-state index contributed by atoms with van der Waals surface area (Å²) in [5.41, 5.74) is -0.126. The molecule has 2 heterocycles. The van der Waals surface area contributed by atoms with E-state index in [9.17, 15) is 24.6 Å². The Balaban J connectivity index is 1.96. The van der Waals surface area contributed by atoms with Crippen molar-refractivity contribution in [3.63, 3.8) is 0 Å². The maximum atomic E-state index is 12.6. The number of nitrogens with zero attached hydrogens (tertiary/aromatic N) is 2. The lowest BCUT2D eigenvalue weighted by Gasteiger charge is -2.16. The van der Waals surface area contributed by atoms with E-state index < -0.39 is 42.6 Å². The van der Waals surface area contributed by atoms with Crippen molar-refractivity contribution in [2.24, 2.45) is 0 Å². The van der Waals surface area contributed by atoms with Gasteiger partial charge < -0.3 is 25.0 Å². The van der Waals surface area contributed by atoms with E-state index in [-0.39, 0.29) is 17.8 Å². The Morgan fingerprint density at radius 1 is 1.37 bits per heavy atom. The van der Waals surface area contributed by atoms with Gasteiger partial charge in [-0.15, -0.1) is 0 Å². The Morgan fingerprint density at radius 2 is 2.10 bits per heavy atom. The van der Waals surface area contributed by atoms with Crippen LogP contribution in [-0.2, 0) is 14.3 Å². The SMILES string of the molecule is COC(=O)C=Cc1cn([C@H]2C[C@H](O)[C@@H](CO)O2)c(=O)nc1NC(=O)c1ccccc1. The predicted molar refractivity (Wildman–Crippen MR) is 106 cm³/mol. The van der Waals surface area contributed by atoms with E-state index >= 15 is 0 Å². The topological polar surface area (TPSA) is 140 Å². The van der Waals surface area contributed by atoms with Gasteiger partial charge in [-0.3, -0.25) is 9.36 Å². The molecule has 30 heavy (non-hydrogen) atoms. The Kier molecular flexibility index (Phi) is 6.72. The van der Waals surface area contributed by atoms with Crippen molar-refractivity contribution in [2.75, 3.05) is 19.0 Å². The Hall–Kier alpha value is -3.34. The normalized spacial score (nSPS) is 21.0. The first kappa shape index (κ1) is 21.4. The molecule has 0 aliphatic carbocycles. The Morgan fingerprint density at radius 3 is 2.73 bits per heavy atom. The van der Waals surface area contributed by atoms with E-state index in [1.807, 2.05) is 0 Å². The minimum absolute atomic E-state index is 0.0532.